The fourth-order valence-electron chi connectivity index (χ4n) is 1.64. The van der Waals surface area contributed by atoms with Crippen LogP contribution in [0.15, 0.2) is 18.3 Å². The molecule has 5 nitrogen and oxygen atoms in total. The average Bonchev–Trinajstić information content (AvgIpc) is 2.76. The summed E-state index contributed by atoms with van der Waals surface area (Å²) >= 11 is 1.50. The van der Waals surface area contributed by atoms with E-state index in [-0.39, 0.29) is 16.9 Å². The van der Waals surface area contributed by atoms with Gasteiger partial charge in [0.15, 0.2) is 0 Å². The Labute approximate surface area is 112 Å². The van der Waals surface area contributed by atoms with Crippen LogP contribution in [0.3, 0.4) is 0 Å². The van der Waals surface area contributed by atoms with Crippen molar-refractivity contribution in [2.24, 2.45) is 0 Å². The third-order valence-electron chi connectivity index (χ3n) is 2.53. The Morgan fingerprint density at radius 1 is 1.58 bits per heavy atom. The molecule has 1 heterocycles. The topological polar surface area (TPSA) is 88.2 Å². The van der Waals surface area contributed by atoms with Crippen LogP contribution in [-0.2, 0) is 6.54 Å². The standard InChI is InChI=1S/C12H12FN3O2S/c1-6-15-4-7(19-6)5-16-9-3-2-8(13)11(14)10(9)12(17)18/h2-4,16H,5,14H2,1H3,(H,17,18). The number of nitrogens with zero attached hydrogens (tertiary/aromatic N) is 1. The number of nitrogen functional groups attached to an aromatic ring is 1. The molecule has 100 valence electrons. The number of rotatable bonds is 4. The van der Waals surface area contributed by atoms with Gasteiger partial charge in [0.1, 0.15) is 11.4 Å². The summed E-state index contributed by atoms with van der Waals surface area (Å²) in [5, 5.41) is 12.9. The van der Waals surface area contributed by atoms with Crippen LogP contribution in [0.2, 0.25) is 0 Å². The summed E-state index contributed by atoms with van der Waals surface area (Å²) in [5.74, 6) is -2.00. The minimum absolute atomic E-state index is 0.249. The molecule has 1 aromatic carbocycles. The molecule has 0 saturated heterocycles. The predicted molar refractivity (Wildman–Crippen MR) is 71.9 cm³/mol. The van der Waals surface area contributed by atoms with E-state index < -0.39 is 11.8 Å². The minimum atomic E-state index is -1.26. The van der Waals surface area contributed by atoms with Gasteiger partial charge in [0.2, 0.25) is 0 Å². The fourth-order valence-corrected chi connectivity index (χ4v) is 2.38. The first kappa shape index (κ1) is 13.3. The molecule has 19 heavy (non-hydrogen) atoms. The van der Waals surface area contributed by atoms with Crippen molar-refractivity contribution in [2.45, 2.75) is 13.5 Å². The largest absolute Gasteiger partial charge is 0.478 e. The lowest BCUT2D eigenvalue weighted by atomic mass is 10.1. The maximum atomic E-state index is 13.3. The highest BCUT2D eigenvalue weighted by atomic mass is 32.1. The maximum absolute atomic E-state index is 13.3. The lowest BCUT2D eigenvalue weighted by Gasteiger charge is -2.11. The Morgan fingerprint density at radius 2 is 2.32 bits per heavy atom. The Balaban J connectivity index is 2.25. The molecule has 0 saturated carbocycles. The lowest BCUT2D eigenvalue weighted by molar-refractivity contribution is 0.0698. The van der Waals surface area contributed by atoms with Crippen molar-refractivity contribution < 1.29 is 14.3 Å². The van der Waals surface area contributed by atoms with E-state index in [0.717, 1.165) is 16.0 Å². The Morgan fingerprint density at radius 3 is 2.89 bits per heavy atom. The number of halogens is 1. The summed E-state index contributed by atoms with van der Waals surface area (Å²) in [6, 6.07) is 2.51. The number of carbonyl (C=O) groups is 1. The van der Waals surface area contributed by atoms with E-state index in [1.54, 1.807) is 6.20 Å². The molecule has 2 aromatic rings. The average molecular weight is 281 g/mol. The quantitative estimate of drug-likeness (QED) is 0.749. The predicted octanol–water partition coefficient (Wildman–Crippen LogP) is 2.48. The van der Waals surface area contributed by atoms with E-state index in [4.69, 9.17) is 10.8 Å². The van der Waals surface area contributed by atoms with Crippen LogP contribution in [0.25, 0.3) is 0 Å². The lowest BCUT2D eigenvalue weighted by Crippen LogP contribution is -2.10. The number of carboxylic acid groups (broad SMARTS) is 1. The van der Waals surface area contributed by atoms with Crippen molar-refractivity contribution in [3.05, 3.63) is 39.6 Å². The number of carboxylic acids is 1. The zero-order valence-electron chi connectivity index (χ0n) is 10.1. The van der Waals surface area contributed by atoms with Gasteiger partial charge < -0.3 is 16.2 Å². The van der Waals surface area contributed by atoms with Gasteiger partial charge in [-0.25, -0.2) is 14.2 Å². The van der Waals surface area contributed by atoms with E-state index in [0.29, 0.717) is 6.54 Å². The van der Waals surface area contributed by atoms with Gasteiger partial charge in [0.05, 0.1) is 22.9 Å². The van der Waals surface area contributed by atoms with Crippen molar-refractivity contribution in [2.75, 3.05) is 11.1 Å². The fraction of sp³-hybridized carbons (Fsp3) is 0.167. The summed E-state index contributed by atoms with van der Waals surface area (Å²) in [4.78, 5) is 16.2. The molecule has 1 aromatic heterocycles. The van der Waals surface area contributed by atoms with Gasteiger partial charge in [-0.05, 0) is 19.1 Å². The van der Waals surface area contributed by atoms with Crippen molar-refractivity contribution in [3.63, 3.8) is 0 Å². The smallest absolute Gasteiger partial charge is 0.340 e. The van der Waals surface area contributed by atoms with E-state index in [1.807, 2.05) is 6.92 Å². The van der Waals surface area contributed by atoms with Gasteiger partial charge in [-0.15, -0.1) is 11.3 Å². The summed E-state index contributed by atoms with van der Waals surface area (Å²) in [6.07, 6.45) is 1.71. The number of aryl methyl sites for hydroxylation is 1. The Hall–Kier alpha value is -2.15. The van der Waals surface area contributed by atoms with Crippen LogP contribution in [0.4, 0.5) is 15.8 Å². The van der Waals surface area contributed by atoms with Crippen molar-refractivity contribution in [1.29, 1.82) is 0 Å². The second-order valence-electron chi connectivity index (χ2n) is 3.89. The highest BCUT2D eigenvalue weighted by Gasteiger charge is 2.17. The van der Waals surface area contributed by atoms with Gasteiger partial charge in [0.25, 0.3) is 0 Å². The van der Waals surface area contributed by atoms with Gasteiger partial charge in [-0.2, -0.15) is 0 Å². The number of benzene rings is 1. The number of hydrogen-bond donors (Lipinski definition) is 3. The molecule has 0 bridgehead atoms. The number of nitrogens with one attached hydrogen (secondary N) is 1. The minimum Gasteiger partial charge on any atom is -0.478 e. The van der Waals surface area contributed by atoms with Gasteiger partial charge in [-0.1, -0.05) is 0 Å². The van der Waals surface area contributed by atoms with Gasteiger partial charge >= 0.3 is 5.97 Å². The zero-order chi connectivity index (χ0) is 14.0. The molecular formula is C12H12FN3O2S. The van der Waals surface area contributed by atoms with Crippen LogP contribution in [0, 0.1) is 12.7 Å². The number of hydrogen-bond acceptors (Lipinski definition) is 5. The summed E-state index contributed by atoms with van der Waals surface area (Å²) in [7, 11) is 0. The number of anilines is 2. The summed E-state index contributed by atoms with van der Waals surface area (Å²) in [5.41, 5.74) is 5.13. The molecule has 0 spiro atoms. The number of nitrogens with two attached hydrogens (primary N) is 1. The molecular weight excluding hydrogens is 269 g/mol. The normalized spacial score (nSPS) is 10.4. The maximum Gasteiger partial charge on any atom is 0.340 e. The number of aromatic nitrogens is 1. The summed E-state index contributed by atoms with van der Waals surface area (Å²) < 4.78 is 13.3. The molecule has 7 heteroatoms. The first-order chi connectivity index (χ1) is 8.99. The highest BCUT2D eigenvalue weighted by molar-refractivity contribution is 7.11. The van der Waals surface area contributed by atoms with Crippen molar-refractivity contribution in [1.82, 2.24) is 4.98 Å². The van der Waals surface area contributed by atoms with E-state index in [2.05, 4.69) is 10.3 Å². The number of thiazole rings is 1. The second kappa shape index (κ2) is 5.23. The SMILES string of the molecule is Cc1ncc(CNc2ccc(F)c(N)c2C(=O)O)s1. The van der Waals surface area contributed by atoms with E-state index >= 15 is 0 Å². The molecule has 0 aliphatic rings. The molecule has 0 amide bonds. The van der Waals surface area contributed by atoms with Crippen LogP contribution in [0.5, 0.6) is 0 Å². The van der Waals surface area contributed by atoms with Crippen LogP contribution >= 0.6 is 11.3 Å². The van der Waals surface area contributed by atoms with Crippen LogP contribution < -0.4 is 11.1 Å². The third kappa shape index (κ3) is 2.82. The van der Waals surface area contributed by atoms with Crippen LogP contribution in [-0.4, -0.2) is 16.1 Å². The summed E-state index contributed by atoms with van der Waals surface area (Å²) in [6.45, 7) is 2.30. The van der Waals surface area contributed by atoms with Crippen molar-refractivity contribution in [3.8, 4) is 0 Å². The molecule has 0 aliphatic carbocycles. The molecule has 0 fully saturated rings. The molecule has 0 aliphatic heterocycles. The van der Waals surface area contributed by atoms with E-state index in [9.17, 15) is 9.18 Å². The van der Waals surface area contributed by atoms with Crippen molar-refractivity contribution >= 4 is 28.7 Å². The first-order valence-corrected chi connectivity index (χ1v) is 6.27. The highest BCUT2D eigenvalue weighted by Crippen LogP contribution is 2.26. The van der Waals surface area contributed by atoms with Gasteiger partial charge in [-0.3, -0.25) is 0 Å². The Bertz CT molecular complexity index is 627. The third-order valence-corrected chi connectivity index (χ3v) is 3.44. The van der Waals surface area contributed by atoms with Gasteiger partial charge in [0, 0.05) is 11.1 Å². The first-order valence-electron chi connectivity index (χ1n) is 5.45. The molecule has 0 unspecified atom stereocenters. The Kier molecular flexibility index (Phi) is 3.66. The van der Waals surface area contributed by atoms with Crippen LogP contribution in [0.1, 0.15) is 20.2 Å². The zero-order valence-corrected chi connectivity index (χ0v) is 10.9. The second-order valence-corrected chi connectivity index (χ2v) is 5.21. The molecule has 0 radical (unpaired) electrons. The monoisotopic (exact) mass is 281 g/mol. The molecule has 0 atom stereocenters. The molecule has 4 N–H and O–H groups in total. The van der Waals surface area contributed by atoms with E-state index in [1.165, 1.54) is 17.4 Å². The molecule has 2 rings (SSSR count). The number of aromatic carboxylic acids is 1.